The highest BCUT2D eigenvalue weighted by Crippen LogP contribution is 2.30. The van der Waals surface area contributed by atoms with E-state index < -0.39 is 6.10 Å². The summed E-state index contributed by atoms with van der Waals surface area (Å²) < 4.78 is 20.7. The number of aryl methyl sites for hydroxylation is 1. The number of aromatic nitrogens is 5. The molecular weight excluding hydrogens is 337 g/mol. The first kappa shape index (κ1) is 16.9. The van der Waals surface area contributed by atoms with Crippen LogP contribution in [0, 0.1) is 5.82 Å². The summed E-state index contributed by atoms with van der Waals surface area (Å²) in [5.41, 5.74) is 3.59. The quantitative estimate of drug-likeness (QED) is 0.756. The smallest absolute Gasteiger partial charge is 0.123 e. The number of hydrogen-bond acceptors (Lipinski definition) is 5. The second kappa shape index (κ2) is 6.62. The number of ether oxygens (including phenoxy) is 1. The largest absolute Gasteiger partial charge is 0.389 e. The van der Waals surface area contributed by atoms with Crippen molar-refractivity contribution in [3.05, 3.63) is 53.2 Å². The van der Waals surface area contributed by atoms with Crippen molar-refractivity contribution in [2.24, 2.45) is 7.05 Å². The van der Waals surface area contributed by atoms with Crippen LogP contribution in [-0.4, -0.2) is 43.1 Å². The predicted octanol–water partition coefficient (Wildman–Crippen LogP) is 2.03. The molecule has 0 aliphatic carbocycles. The van der Waals surface area contributed by atoms with E-state index in [0.717, 1.165) is 11.3 Å². The molecule has 3 heterocycles. The van der Waals surface area contributed by atoms with E-state index in [0.29, 0.717) is 42.5 Å². The standard InChI is InChI=1S/C18H20FN5O2/c1-11(25)16-6-13(19)3-4-15(16)18-17(21-23(2)22-18)5-12-7-20-24(8-12)14-9-26-10-14/h3-4,6-8,11,14,25H,5,9-10H2,1-2H3/t11-/m1/s1. The Morgan fingerprint density at radius 3 is 2.85 bits per heavy atom. The number of aliphatic hydroxyl groups is 1. The molecule has 2 aromatic heterocycles. The lowest BCUT2D eigenvalue weighted by Gasteiger charge is -2.25. The molecule has 1 atom stereocenters. The first-order valence-corrected chi connectivity index (χ1v) is 8.50. The fourth-order valence-electron chi connectivity index (χ4n) is 3.11. The molecule has 1 saturated heterocycles. The summed E-state index contributed by atoms with van der Waals surface area (Å²) in [6.07, 6.45) is 3.55. The Morgan fingerprint density at radius 1 is 1.35 bits per heavy atom. The summed E-state index contributed by atoms with van der Waals surface area (Å²) >= 11 is 0. The summed E-state index contributed by atoms with van der Waals surface area (Å²) in [6, 6.07) is 4.64. The van der Waals surface area contributed by atoms with Crippen molar-refractivity contribution in [2.45, 2.75) is 25.5 Å². The van der Waals surface area contributed by atoms with Gasteiger partial charge in [0.15, 0.2) is 0 Å². The number of benzene rings is 1. The summed E-state index contributed by atoms with van der Waals surface area (Å²) in [7, 11) is 1.74. The second-order valence-electron chi connectivity index (χ2n) is 6.59. The molecule has 0 unspecified atom stereocenters. The van der Waals surface area contributed by atoms with Crippen molar-refractivity contribution in [1.82, 2.24) is 24.8 Å². The first-order valence-electron chi connectivity index (χ1n) is 8.50. The summed E-state index contributed by atoms with van der Waals surface area (Å²) in [5.74, 6) is -0.390. The fraction of sp³-hybridized carbons (Fsp3) is 0.389. The monoisotopic (exact) mass is 357 g/mol. The van der Waals surface area contributed by atoms with Crippen LogP contribution in [0.1, 0.15) is 35.9 Å². The van der Waals surface area contributed by atoms with Crippen LogP contribution in [0.25, 0.3) is 11.3 Å². The molecule has 3 aromatic rings. The molecule has 0 saturated carbocycles. The van der Waals surface area contributed by atoms with Gasteiger partial charge >= 0.3 is 0 Å². The first-order chi connectivity index (χ1) is 12.5. The number of nitrogens with zero attached hydrogens (tertiary/aromatic N) is 5. The van der Waals surface area contributed by atoms with Gasteiger partial charge in [-0.15, -0.1) is 0 Å². The van der Waals surface area contributed by atoms with E-state index in [1.54, 1.807) is 20.0 Å². The molecule has 0 amide bonds. The average molecular weight is 357 g/mol. The Kier molecular flexibility index (Phi) is 4.29. The zero-order chi connectivity index (χ0) is 18.3. The minimum Gasteiger partial charge on any atom is -0.389 e. The van der Waals surface area contributed by atoms with Crippen LogP contribution in [0.5, 0.6) is 0 Å². The van der Waals surface area contributed by atoms with Gasteiger partial charge in [-0.2, -0.15) is 20.1 Å². The van der Waals surface area contributed by atoms with Crippen LogP contribution in [0.4, 0.5) is 4.39 Å². The lowest BCUT2D eigenvalue weighted by atomic mass is 9.98. The second-order valence-corrected chi connectivity index (χ2v) is 6.59. The van der Waals surface area contributed by atoms with Gasteiger partial charge in [0, 0.05) is 25.2 Å². The SMILES string of the molecule is C[C@@H](O)c1cc(F)ccc1-c1nn(C)nc1Cc1cnn(C2COC2)c1. The van der Waals surface area contributed by atoms with Gasteiger partial charge in [-0.3, -0.25) is 4.68 Å². The van der Waals surface area contributed by atoms with Gasteiger partial charge in [0.05, 0.1) is 37.3 Å². The zero-order valence-corrected chi connectivity index (χ0v) is 14.6. The highest BCUT2D eigenvalue weighted by Gasteiger charge is 2.22. The Labute approximate surface area is 150 Å². The molecule has 7 nitrogen and oxygen atoms in total. The third kappa shape index (κ3) is 3.13. The lowest BCUT2D eigenvalue weighted by Crippen LogP contribution is -2.30. The maximum Gasteiger partial charge on any atom is 0.123 e. The molecule has 1 fully saturated rings. The van der Waals surface area contributed by atoms with Gasteiger partial charge in [0.1, 0.15) is 11.5 Å². The normalized spacial score (nSPS) is 15.8. The Morgan fingerprint density at radius 2 is 2.15 bits per heavy atom. The Hall–Kier alpha value is -2.58. The van der Waals surface area contributed by atoms with Crippen LogP contribution in [-0.2, 0) is 18.2 Å². The summed E-state index contributed by atoms with van der Waals surface area (Å²) in [5, 5.41) is 23.3. The van der Waals surface area contributed by atoms with Gasteiger partial charge in [0.2, 0.25) is 0 Å². The number of aliphatic hydroxyl groups excluding tert-OH is 1. The maximum absolute atomic E-state index is 13.6. The molecule has 8 heteroatoms. The fourth-order valence-corrected chi connectivity index (χ4v) is 3.11. The molecule has 1 N–H and O–H groups in total. The van der Waals surface area contributed by atoms with E-state index in [-0.39, 0.29) is 5.82 Å². The molecule has 4 rings (SSSR count). The van der Waals surface area contributed by atoms with Crippen molar-refractivity contribution < 1.29 is 14.2 Å². The molecule has 1 aliphatic rings. The zero-order valence-electron chi connectivity index (χ0n) is 14.6. The number of rotatable bonds is 5. The van der Waals surface area contributed by atoms with E-state index in [1.807, 2.05) is 17.1 Å². The average Bonchev–Trinajstić information content (AvgIpc) is 3.13. The van der Waals surface area contributed by atoms with Crippen molar-refractivity contribution in [3.63, 3.8) is 0 Å². The van der Waals surface area contributed by atoms with Gasteiger partial charge in [-0.25, -0.2) is 4.39 Å². The van der Waals surface area contributed by atoms with E-state index in [2.05, 4.69) is 15.3 Å². The van der Waals surface area contributed by atoms with Crippen molar-refractivity contribution in [1.29, 1.82) is 0 Å². The Bertz CT molecular complexity index is 930. The highest BCUT2D eigenvalue weighted by atomic mass is 19.1. The van der Waals surface area contributed by atoms with E-state index in [4.69, 9.17) is 4.74 Å². The van der Waals surface area contributed by atoms with Gasteiger partial charge in [-0.1, -0.05) is 0 Å². The van der Waals surface area contributed by atoms with Crippen molar-refractivity contribution >= 4 is 0 Å². The predicted molar refractivity (Wildman–Crippen MR) is 91.9 cm³/mol. The molecule has 0 bridgehead atoms. The van der Waals surface area contributed by atoms with Gasteiger partial charge in [0.25, 0.3) is 0 Å². The van der Waals surface area contributed by atoms with Crippen LogP contribution >= 0.6 is 0 Å². The van der Waals surface area contributed by atoms with Crippen LogP contribution in [0.15, 0.2) is 30.6 Å². The van der Waals surface area contributed by atoms with Crippen LogP contribution in [0.3, 0.4) is 0 Å². The van der Waals surface area contributed by atoms with E-state index in [9.17, 15) is 9.50 Å². The van der Waals surface area contributed by atoms with Crippen LogP contribution in [0.2, 0.25) is 0 Å². The minimum atomic E-state index is -0.808. The topological polar surface area (TPSA) is 78.0 Å². The van der Waals surface area contributed by atoms with Crippen molar-refractivity contribution in [2.75, 3.05) is 13.2 Å². The van der Waals surface area contributed by atoms with Crippen LogP contribution < -0.4 is 0 Å². The molecule has 0 spiro atoms. The molecular formula is C18H20FN5O2. The number of hydrogen-bond donors (Lipinski definition) is 1. The summed E-state index contributed by atoms with van der Waals surface area (Å²) in [4.78, 5) is 1.49. The lowest BCUT2D eigenvalue weighted by molar-refractivity contribution is -0.0286. The Balaban J connectivity index is 1.68. The van der Waals surface area contributed by atoms with E-state index in [1.165, 1.54) is 16.9 Å². The molecule has 1 aromatic carbocycles. The maximum atomic E-state index is 13.6. The summed E-state index contributed by atoms with van der Waals surface area (Å²) in [6.45, 7) is 2.98. The highest BCUT2D eigenvalue weighted by molar-refractivity contribution is 5.66. The third-order valence-corrected chi connectivity index (χ3v) is 4.52. The van der Waals surface area contributed by atoms with Gasteiger partial charge < -0.3 is 9.84 Å². The molecule has 1 aliphatic heterocycles. The van der Waals surface area contributed by atoms with Gasteiger partial charge in [-0.05, 0) is 36.2 Å². The number of halogens is 1. The molecule has 0 radical (unpaired) electrons. The third-order valence-electron chi connectivity index (χ3n) is 4.52. The van der Waals surface area contributed by atoms with E-state index >= 15 is 0 Å². The van der Waals surface area contributed by atoms with Crippen molar-refractivity contribution in [3.8, 4) is 11.3 Å². The molecule has 136 valence electrons. The minimum absolute atomic E-state index is 0.295. The molecule has 26 heavy (non-hydrogen) atoms.